The summed E-state index contributed by atoms with van der Waals surface area (Å²) in [6.07, 6.45) is 0. The Morgan fingerprint density at radius 2 is 1.77 bits per heavy atom. The number of nitrogens with zero attached hydrogens (tertiary/aromatic N) is 4. The van der Waals surface area contributed by atoms with E-state index in [0.29, 0.717) is 5.69 Å². The molecule has 0 aliphatic carbocycles. The van der Waals surface area contributed by atoms with Crippen LogP contribution >= 0.6 is 0 Å². The van der Waals surface area contributed by atoms with E-state index < -0.39 is 35.7 Å². The Kier molecular flexibility index (Phi) is 6.16. The summed E-state index contributed by atoms with van der Waals surface area (Å²) < 4.78 is 34.6. The van der Waals surface area contributed by atoms with Gasteiger partial charge < -0.3 is 10.5 Å². The lowest BCUT2D eigenvalue weighted by atomic mass is 10.1. The van der Waals surface area contributed by atoms with Crippen molar-refractivity contribution in [2.24, 2.45) is 5.73 Å². The molecule has 0 radical (unpaired) electrons. The van der Waals surface area contributed by atoms with Gasteiger partial charge in [-0.3, -0.25) is 14.2 Å². The van der Waals surface area contributed by atoms with Gasteiger partial charge in [-0.05, 0) is 62.2 Å². The maximum absolute atomic E-state index is 13.9. The van der Waals surface area contributed by atoms with Crippen molar-refractivity contribution in [2.45, 2.75) is 27.3 Å². The van der Waals surface area contributed by atoms with Crippen molar-refractivity contribution >= 4 is 23.0 Å². The molecular formula is C24H21F2N5O4. The molecule has 2 N–H and O–H groups in total. The molecule has 0 aliphatic heterocycles. The fourth-order valence-corrected chi connectivity index (χ4v) is 3.67. The first-order valence-electron chi connectivity index (χ1n) is 10.6. The lowest BCUT2D eigenvalue weighted by Crippen LogP contribution is -2.28. The molecule has 0 saturated heterocycles. The number of primary amides is 1. The van der Waals surface area contributed by atoms with Crippen molar-refractivity contribution in [2.75, 3.05) is 6.61 Å². The van der Waals surface area contributed by atoms with Crippen molar-refractivity contribution in [3.05, 3.63) is 75.3 Å². The van der Waals surface area contributed by atoms with Crippen LogP contribution in [-0.2, 0) is 16.1 Å². The zero-order valence-electron chi connectivity index (χ0n) is 19.1. The van der Waals surface area contributed by atoms with Crippen LogP contribution in [0.3, 0.4) is 0 Å². The third-order valence-electron chi connectivity index (χ3n) is 5.52. The Morgan fingerprint density at radius 1 is 1.03 bits per heavy atom. The van der Waals surface area contributed by atoms with Gasteiger partial charge >= 0.3 is 11.7 Å². The number of amides is 1. The quantitative estimate of drug-likeness (QED) is 0.423. The second kappa shape index (κ2) is 9.09. The molecule has 0 bridgehead atoms. The van der Waals surface area contributed by atoms with E-state index in [-0.39, 0.29) is 34.9 Å². The maximum atomic E-state index is 13.9. The molecule has 0 aliphatic rings. The summed E-state index contributed by atoms with van der Waals surface area (Å²) in [5.41, 5.74) is 6.74. The molecule has 0 unspecified atom stereocenters. The minimum absolute atomic E-state index is 0.0360. The molecule has 0 fully saturated rings. The highest BCUT2D eigenvalue weighted by atomic mass is 19.2. The molecular weight excluding hydrogens is 460 g/mol. The highest BCUT2D eigenvalue weighted by Crippen LogP contribution is 2.25. The number of imidazole rings is 1. The van der Waals surface area contributed by atoms with E-state index in [0.717, 1.165) is 27.8 Å². The van der Waals surface area contributed by atoms with Crippen LogP contribution in [0.15, 0.2) is 41.2 Å². The number of fused-ring (bicyclic) bond motifs is 1. The molecule has 35 heavy (non-hydrogen) atoms. The third-order valence-corrected chi connectivity index (χ3v) is 5.52. The molecule has 180 valence electrons. The van der Waals surface area contributed by atoms with Gasteiger partial charge in [-0.25, -0.2) is 28.1 Å². The number of hydrogen-bond donors (Lipinski definition) is 1. The van der Waals surface area contributed by atoms with Crippen LogP contribution in [0.25, 0.3) is 28.2 Å². The molecule has 2 heterocycles. The molecule has 0 saturated carbocycles. The van der Waals surface area contributed by atoms with Crippen LogP contribution < -0.4 is 11.4 Å². The molecule has 2 aromatic carbocycles. The van der Waals surface area contributed by atoms with Crippen molar-refractivity contribution in [3.8, 4) is 17.1 Å². The molecule has 0 spiro atoms. The van der Waals surface area contributed by atoms with Gasteiger partial charge in [-0.2, -0.15) is 0 Å². The van der Waals surface area contributed by atoms with Gasteiger partial charge in [0.1, 0.15) is 12.1 Å². The van der Waals surface area contributed by atoms with Gasteiger partial charge in [-0.15, -0.1) is 0 Å². The predicted molar refractivity (Wildman–Crippen MR) is 123 cm³/mol. The minimum Gasteiger partial charge on any atom is -0.465 e. The van der Waals surface area contributed by atoms with Crippen LogP contribution in [-0.4, -0.2) is 37.6 Å². The second-order valence-corrected chi connectivity index (χ2v) is 7.84. The van der Waals surface area contributed by atoms with Gasteiger partial charge in [0.05, 0.1) is 12.3 Å². The Hall–Kier alpha value is -4.41. The normalized spacial score (nSPS) is 11.1. The largest absolute Gasteiger partial charge is 0.465 e. The number of carbonyl (C=O) groups excluding carboxylic acids is 2. The molecule has 9 nitrogen and oxygen atoms in total. The number of ether oxygens (including phenoxy) is 1. The third kappa shape index (κ3) is 4.27. The number of rotatable bonds is 6. The highest BCUT2D eigenvalue weighted by molar-refractivity contribution is 6.02. The lowest BCUT2D eigenvalue weighted by molar-refractivity contribution is -0.143. The van der Waals surface area contributed by atoms with Crippen LogP contribution in [0.4, 0.5) is 8.78 Å². The van der Waals surface area contributed by atoms with Crippen LogP contribution in [0, 0.1) is 25.5 Å². The summed E-state index contributed by atoms with van der Waals surface area (Å²) in [5.74, 6) is -4.09. The zero-order chi connectivity index (χ0) is 25.4. The number of benzene rings is 2. The van der Waals surface area contributed by atoms with Gasteiger partial charge in [-0.1, -0.05) is 6.07 Å². The molecule has 4 rings (SSSR count). The first-order valence-corrected chi connectivity index (χ1v) is 10.6. The molecule has 11 heteroatoms. The number of esters is 1. The lowest BCUT2D eigenvalue weighted by Gasteiger charge is -2.09. The predicted octanol–water partition coefficient (Wildman–Crippen LogP) is 2.81. The topological polar surface area (TPSA) is 122 Å². The van der Waals surface area contributed by atoms with Gasteiger partial charge in [0.25, 0.3) is 5.91 Å². The van der Waals surface area contributed by atoms with E-state index in [1.54, 1.807) is 25.1 Å². The number of carbonyl (C=O) groups is 2. The number of hydrogen-bond acceptors (Lipinski definition) is 6. The molecule has 1 amide bonds. The molecule has 4 aromatic rings. The summed E-state index contributed by atoms with van der Waals surface area (Å²) in [6, 6.07) is 8.23. The van der Waals surface area contributed by atoms with Crippen molar-refractivity contribution < 1.29 is 23.1 Å². The van der Waals surface area contributed by atoms with E-state index in [4.69, 9.17) is 10.5 Å². The number of nitrogens with two attached hydrogens (primary N) is 1. The monoisotopic (exact) mass is 481 g/mol. The van der Waals surface area contributed by atoms with Crippen LogP contribution in [0.2, 0.25) is 0 Å². The Bertz CT molecular complexity index is 1560. The summed E-state index contributed by atoms with van der Waals surface area (Å²) in [6.45, 7) is 4.95. The second-order valence-electron chi connectivity index (χ2n) is 7.84. The van der Waals surface area contributed by atoms with E-state index in [2.05, 4.69) is 9.97 Å². The maximum Gasteiger partial charge on any atom is 0.335 e. The summed E-state index contributed by atoms with van der Waals surface area (Å²) in [7, 11) is 0. The van der Waals surface area contributed by atoms with Crippen molar-refractivity contribution in [1.29, 1.82) is 0 Å². The number of halogens is 2. The van der Waals surface area contributed by atoms with Crippen LogP contribution in [0.1, 0.15) is 28.5 Å². The fraction of sp³-hybridized carbons (Fsp3) is 0.208. The summed E-state index contributed by atoms with van der Waals surface area (Å²) in [5, 5.41) is 0. The van der Waals surface area contributed by atoms with Gasteiger partial charge in [0.15, 0.2) is 28.8 Å². The average molecular weight is 481 g/mol. The summed E-state index contributed by atoms with van der Waals surface area (Å²) >= 11 is 0. The first-order chi connectivity index (χ1) is 16.6. The van der Waals surface area contributed by atoms with Gasteiger partial charge in [0.2, 0.25) is 0 Å². The van der Waals surface area contributed by atoms with Crippen LogP contribution in [0.5, 0.6) is 0 Å². The average Bonchev–Trinajstić information content (AvgIpc) is 3.08. The Morgan fingerprint density at radius 3 is 2.40 bits per heavy atom. The van der Waals surface area contributed by atoms with E-state index in [1.807, 2.05) is 13.8 Å². The molecule has 0 atom stereocenters. The standard InChI is InChI=1S/C24H21F2N5O4/c1-4-35-18(32)11-30-20-19(21(27)33)28-22(14-6-8-16(25)17(26)10-14)29-23(20)31(24(30)34)15-7-5-12(2)13(3)9-15/h5-10H,4,11H2,1-3H3,(H2,27,33). The van der Waals surface area contributed by atoms with Crippen molar-refractivity contribution in [3.63, 3.8) is 0 Å². The highest BCUT2D eigenvalue weighted by Gasteiger charge is 2.26. The van der Waals surface area contributed by atoms with Gasteiger partial charge in [0, 0.05) is 5.56 Å². The minimum atomic E-state index is -1.14. The smallest absolute Gasteiger partial charge is 0.335 e. The first kappa shape index (κ1) is 23.7. The number of aromatic nitrogens is 4. The van der Waals surface area contributed by atoms with E-state index in [9.17, 15) is 23.2 Å². The zero-order valence-corrected chi connectivity index (χ0v) is 19.1. The van der Waals surface area contributed by atoms with E-state index in [1.165, 1.54) is 10.6 Å². The Labute approximate surface area is 197 Å². The van der Waals surface area contributed by atoms with E-state index >= 15 is 0 Å². The SMILES string of the molecule is CCOC(=O)Cn1c(=O)n(-c2ccc(C)c(C)c2)c2nc(-c3ccc(F)c(F)c3)nc(C(N)=O)c21. The number of aryl methyl sites for hydroxylation is 2. The fourth-order valence-electron chi connectivity index (χ4n) is 3.67. The van der Waals surface area contributed by atoms with Crippen molar-refractivity contribution in [1.82, 2.24) is 19.1 Å². The summed E-state index contributed by atoms with van der Waals surface area (Å²) in [4.78, 5) is 46.7. The Balaban J connectivity index is 2.10. The molecule has 2 aromatic heterocycles.